The molecule has 1 heterocycles. The zero-order valence-corrected chi connectivity index (χ0v) is 21.8. The SMILES string of the molecule is CCSc1nc2ccc(C(=O)NS(=O)(=O)c3ccccc3)cc2n1Cc1ccc(-c2ccccc2)cc1. The summed E-state index contributed by atoms with van der Waals surface area (Å²) in [6.07, 6.45) is 0. The van der Waals surface area contributed by atoms with E-state index in [0.717, 1.165) is 38.6 Å². The van der Waals surface area contributed by atoms with Crippen molar-refractivity contribution in [3.63, 3.8) is 0 Å². The maximum absolute atomic E-state index is 12.9. The van der Waals surface area contributed by atoms with Gasteiger partial charge in [-0.25, -0.2) is 18.1 Å². The van der Waals surface area contributed by atoms with Crippen LogP contribution in [0, 0.1) is 0 Å². The van der Waals surface area contributed by atoms with E-state index < -0.39 is 15.9 Å². The van der Waals surface area contributed by atoms with Crippen LogP contribution in [0.1, 0.15) is 22.8 Å². The summed E-state index contributed by atoms with van der Waals surface area (Å²) < 4.78 is 29.6. The minimum absolute atomic E-state index is 0.0371. The number of benzene rings is 4. The first kappa shape index (κ1) is 24.8. The molecule has 0 atom stereocenters. The molecular formula is C29H25N3O3S2. The summed E-state index contributed by atoms with van der Waals surface area (Å²) in [6.45, 7) is 2.64. The van der Waals surface area contributed by atoms with Gasteiger partial charge < -0.3 is 4.57 Å². The second-order valence-electron chi connectivity index (χ2n) is 8.43. The summed E-state index contributed by atoms with van der Waals surface area (Å²) in [5.41, 5.74) is 5.17. The molecule has 0 spiro atoms. The highest BCUT2D eigenvalue weighted by Gasteiger charge is 2.20. The zero-order chi connectivity index (χ0) is 25.8. The highest BCUT2D eigenvalue weighted by atomic mass is 32.2. The second-order valence-corrected chi connectivity index (χ2v) is 11.3. The number of aromatic nitrogens is 2. The van der Waals surface area contributed by atoms with Crippen molar-refractivity contribution < 1.29 is 13.2 Å². The topological polar surface area (TPSA) is 81.1 Å². The molecule has 0 unspecified atom stereocenters. The van der Waals surface area contributed by atoms with Crippen LogP contribution in [0.5, 0.6) is 0 Å². The van der Waals surface area contributed by atoms with Gasteiger partial charge in [0.15, 0.2) is 5.16 Å². The van der Waals surface area contributed by atoms with Crippen molar-refractivity contribution in [2.45, 2.75) is 23.5 Å². The molecule has 0 aliphatic heterocycles. The molecule has 0 saturated heterocycles. The average Bonchev–Trinajstić information content (AvgIpc) is 3.26. The fraction of sp³-hybridized carbons (Fsp3) is 0.103. The first-order valence-electron chi connectivity index (χ1n) is 11.8. The number of carbonyl (C=O) groups excluding carboxylic acids is 1. The van der Waals surface area contributed by atoms with Gasteiger partial charge in [0.25, 0.3) is 15.9 Å². The third-order valence-corrected chi connectivity index (χ3v) is 8.14. The number of fused-ring (bicyclic) bond motifs is 1. The van der Waals surface area contributed by atoms with Crippen LogP contribution in [0.25, 0.3) is 22.2 Å². The normalized spacial score (nSPS) is 11.5. The van der Waals surface area contributed by atoms with Crippen molar-refractivity contribution in [1.29, 1.82) is 0 Å². The zero-order valence-electron chi connectivity index (χ0n) is 20.2. The number of nitrogens with one attached hydrogen (secondary N) is 1. The van der Waals surface area contributed by atoms with Crippen molar-refractivity contribution in [3.8, 4) is 11.1 Å². The fourth-order valence-electron chi connectivity index (χ4n) is 4.09. The number of carbonyl (C=O) groups is 1. The molecule has 4 aromatic carbocycles. The summed E-state index contributed by atoms with van der Waals surface area (Å²) in [5.74, 6) is 0.161. The first-order valence-corrected chi connectivity index (χ1v) is 14.3. The van der Waals surface area contributed by atoms with Gasteiger partial charge in [0.2, 0.25) is 0 Å². The molecule has 8 heteroatoms. The average molecular weight is 528 g/mol. The van der Waals surface area contributed by atoms with Crippen molar-refractivity contribution >= 4 is 38.7 Å². The van der Waals surface area contributed by atoms with Crippen LogP contribution in [0.15, 0.2) is 113 Å². The van der Waals surface area contributed by atoms with Crippen LogP contribution in [0.3, 0.4) is 0 Å². The summed E-state index contributed by atoms with van der Waals surface area (Å²) >= 11 is 1.62. The fourth-order valence-corrected chi connectivity index (χ4v) is 5.82. The van der Waals surface area contributed by atoms with E-state index in [1.807, 2.05) is 18.2 Å². The lowest BCUT2D eigenvalue weighted by atomic mass is 10.0. The van der Waals surface area contributed by atoms with E-state index in [2.05, 4.69) is 52.6 Å². The summed E-state index contributed by atoms with van der Waals surface area (Å²) in [6, 6.07) is 31.5. The smallest absolute Gasteiger partial charge is 0.265 e. The van der Waals surface area contributed by atoms with Crippen LogP contribution in [0.4, 0.5) is 0 Å². The maximum Gasteiger partial charge on any atom is 0.265 e. The van der Waals surface area contributed by atoms with Crippen LogP contribution >= 0.6 is 11.8 Å². The van der Waals surface area contributed by atoms with E-state index >= 15 is 0 Å². The second kappa shape index (κ2) is 10.6. The van der Waals surface area contributed by atoms with Gasteiger partial charge in [-0.05, 0) is 52.8 Å². The number of amides is 1. The van der Waals surface area contributed by atoms with Gasteiger partial charge in [0, 0.05) is 5.56 Å². The third-order valence-electron chi connectivity index (χ3n) is 5.93. The van der Waals surface area contributed by atoms with Crippen LogP contribution in [-0.2, 0) is 16.6 Å². The molecule has 1 aromatic heterocycles. The summed E-state index contributed by atoms with van der Waals surface area (Å²) in [7, 11) is -3.98. The van der Waals surface area contributed by atoms with Gasteiger partial charge in [-0.3, -0.25) is 4.79 Å². The minimum Gasteiger partial charge on any atom is -0.314 e. The Hall–Kier alpha value is -3.88. The van der Waals surface area contributed by atoms with Gasteiger partial charge >= 0.3 is 0 Å². The monoisotopic (exact) mass is 527 g/mol. The predicted molar refractivity (Wildman–Crippen MR) is 148 cm³/mol. The Balaban J connectivity index is 1.45. The summed E-state index contributed by atoms with van der Waals surface area (Å²) in [4.78, 5) is 17.7. The summed E-state index contributed by atoms with van der Waals surface area (Å²) in [5, 5.41) is 0.846. The Morgan fingerprint density at radius 2 is 1.51 bits per heavy atom. The number of sulfonamides is 1. The van der Waals surface area contributed by atoms with Crippen LogP contribution < -0.4 is 4.72 Å². The van der Waals surface area contributed by atoms with Crippen LogP contribution in [-0.4, -0.2) is 29.6 Å². The molecule has 37 heavy (non-hydrogen) atoms. The Morgan fingerprint density at radius 3 is 2.19 bits per heavy atom. The van der Waals surface area contributed by atoms with Crippen molar-refractivity contribution in [3.05, 3.63) is 114 Å². The number of hydrogen-bond acceptors (Lipinski definition) is 5. The molecule has 5 aromatic rings. The molecule has 0 saturated carbocycles. The van der Waals surface area contributed by atoms with E-state index in [1.54, 1.807) is 48.2 Å². The largest absolute Gasteiger partial charge is 0.314 e. The molecule has 6 nitrogen and oxygen atoms in total. The standard InChI is InChI=1S/C29H25N3O3S2/c1-2-36-29-30-26-18-17-24(28(33)31-37(34,35)25-11-7-4-8-12-25)19-27(26)32(29)20-21-13-15-23(16-14-21)22-9-5-3-6-10-22/h3-19H,2,20H2,1H3,(H,31,33). The van der Waals surface area contributed by atoms with E-state index in [1.165, 1.54) is 12.1 Å². The number of imidazole rings is 1. The van der Waals surface area contributed by atoms with Gasteiger partial charge in [-0.2, -0.15) is 0 Å². The molecule has 1 N–H and O–H groups in total. The molecular weight excluding hydrogens is 502 g/mol. The number of rotatable bonds is 8. The molecule has 0 bridgehead atoms. The Labute approximate surface area is 220 Å². The lowest BCUT2D eigenvalue weighted by Crippen LogP contribution is -2.30. The number of thioether (sulfide) groups is 1. The number of nitrogens with zero attached hydrogens (tertiary/aromatic N) is 2. The number of hydrogen-bond donors (Lipinski definition) is 1. The molecule has 0 aliphatic rings. The molecule has 0 aliphatic carbocycles. The highest BCUT2D eigenvalue weighted by molar-refractivity contribution is 7.99. The van der Waals surface area contributed by atoms with Gasteiger partial charge in [-0.15, -0.1) is 0 Å². The molecule has 186 valence electrons. The van der Waals surface area contributed by atoms with E-state index in [0.29, 0.717) is 6.54 Å². The first-order chi connectivity index (χ1) is 17.9. The van der Waals surface area contributed by atoms with Crippen molar-refractivity contribution in [1.82, 2.24) is 14.3 Å². The Kier molecular flexibility index (Phi) is 7.12. The molecule has 0 radical (unpaired) electrons. The van der Waals surface area contributed by atoms with E-state index in [4.69, 9.17) is 4.98 Å². The van der Waals surface area contributed by atoms with Gasteiger partial charge in [0.1, 0.15) is 0 Å². The van der Waals surface area contributed by atoms with Gasteiger partial charge in [-0.1, -0.05) is 91.5 Å². The highest BCUT2D eigenvalue weighted by Crippen LogP contribution is 2.27. The van der Waals surface area contributed by atoms with Crippen molar-refractivity contribution in [2.75, 3.05) is 5.75 Å². The van der Waals surface area contributed by atoms with E-state index in [-0.39, 0.29) is 10.5 Å². The minimum atomic E-state index is -3.98. The van der Waals surface area contributed by atoms with Crippen molar-refractivity contribution in [2.24, 2.45) is 0 Å². The van der Waals surface area contributed by atoms with E-state index in [9.17, 15) is 13.2 Å². The van der Waals surface area contributed by atoms with Crippen LogP contribution in [0.2, 0.25) is 0 Å². The predicted octanol–water partition coefficient (Wildman–Crippen LogP) is 5.98. The van der Waals surface area contributed by atoms with Gasteiger partial charge in [0.05, 0.1) is 22.5 Å². The quantitative estimate of drug-likeness (QED) is 0.251. The lowest BCUT2D eigenvalue weighted by molar-refractivity contribution is 0.0981. The lowest BCUT2D eigenvalue weighted by Gasteiger charge is -2.11. The Morgan fingerprint density at radius 1 is 0.865 bits per heavy atom. The molecule has 1 amide bonds. The third kappa shape index (κ3) is 5.45. The Bertz CT molecular complexity index is 1650. The molecule has 0 fully saturated rings. The molecule has 5 rings (SSSR count). The maximum atomic E-state index is 12.9.